The van der Waals surface area contributed by atoms with Crippen LogP contribution in [0, 0.1) is 0 Å². The number of rotatable bonds is 2. The Kier molecular flexibility index (Phi) is 5.02. The Bertz CT molecular complexity index is 428. The molecule has 1 N–H and O–H groups in total. The summed E-state index contributed by atoms with van der Waals surface area (Å²) in [7, 11) is 0. The monoisotopic (exact) mass is 298 g/mol. The summed E-state index contributed by atoms with van der Waals surface area (Å²) in [5.74, 6) is 0. The molecule has 2 rings (SSSR count). The van der Waals surface area contributed by atoms with Crippen molar-refractivity contribution in [3.8, 4) is 0 Å². The minimum absolute atomic E-state index is 0.221. The van der Waals surface area contributed by atoms with E-state index in [0.29, 0.717) is 0 Å². The summed E-state index contributed by atoms with van der Waals surface area (Å²) >= 11 is 11.3. The SMILES string of the molecule is CC1CN(C(=S)NCc2ccc(Cl)cc2)CC(C)O1. The maximum Gasteiger partial charge on any atom is 0.169 e. The summed E-state index contributed by atoms with van der Waals surface area (Å²) in [5.41, 5.74) is 1.17. The van der Waals surface area contributed by atoms with Crippen molar-refractivity contribution in [2.45, 2.75) is 32.6 Å². The van der Waals surface area contributed by atoms with Gasteiger partial charge in [0, 0.05) is 24.7 Å². The number of hydrogen-bond donors (Lipinski definition) is 1. The number of ether oxygens (including phenoxy) is 1. The lowest BCUT2D eigenvalue weighted by Crippen LogP contribution is -2.51. The van der Waals surface area contributed by atoms with Crippen molar-refractivity contribution in [3.05, 3.63) is 34.9 Å². The Balaban J connectivity index is 1.85. The molecule has 1 aromatic carbocycles. The zero-order valence-corrected chi connectivity index (χ0v) is 12.8. The van der Waals surface area contributed by atoms with Crippen LogP contribution in [-0.4, -0.2) is 35.3 Å². The highest BCUT2D eigenvalue weighted by atomic mass is 35.5. The number of nitrogens with zero attached hydrogens (tertiary/aromatic N) is 1. The van der Waals surface area contributed by atoms with Crippen LogP contribution >= 0.6 is 23.8 Å². The molecule has 0 aromatic heterocycles. The Hall–Kier alpha value is -0.840. The van der Waals surface area contributed by atoms with E-state index in [1.165, 1.54) is 5.56 Å². The van der Waals surface area contributed by atoms with Gasteiger partial charge in [-0.2, -0.15) is 0 Å². The van der Waals surface area contributed by atoms with Gasteiger partial charge in [0.1, 0.15) is 0 Å². The highest BCUT2D eigenvalue weighted by molar-refractivity contribution is 7.80. The van der Waals surface area contributed by atoms with Crippen molar-refractivity contribution in [3.63, 3.8) is 0 Å². The largest absolute Gasteiger partial charge is 0.372 e. The standard InChI is InChI=1S/C14H19ClN2OS/c1-10-8-17(9-11(2)18-10)14(19)16-7-12-3-5-13(15)6-4-12/h3-6,10-11H,7-9H2,1-2H3,(H,16,19). The molecule has 1 fully saturated rings. The fourth-order valence-electron chi connectivity index (χ4n) is 2.24. The first-order valence-electron chi connectivity index (χ1n) is 6.47. The van der Waals surface area contributed by atoms with E-state index in [1.54, 1.807) is 0 Å². The zero-order valence-electron chi connectivity index (χ0n) is 11.2. The van der Waals surface area contributed by atoms with Gasteiger partial charge in [0.2, 0.25) is 0 Å². The number of hydrogen-bond acceptors (Lipinski definition) is 2. The molecule has 1 saturated heterocycles. The van der Waals surface area contributed by atoms with Gasteiger partial charge in [0.15, 0.2) is 5.11 Å². The summed E-state index contributed by atoms with van der Waals surface area (Å²) in [5, 5.41) is 4.83. The summed E-state index contributed by atoms with van der Waals surface area (Å²) in [4.78, 5) is 2.17. The quantitative estimate of drug-likeness (QED) is 0.849. The lowest BCUT2D eigenvalue weighted by Gasteiger charge is -2.36. The van der Waals surface area contributed by atoms with Crippen molar-refractivity contribution in [1.82, 2.24) is 10.2 Å². The number of morpholine rings is 1. The van der Waals surface area contributed by atoms with Crippen LogP contribution in [0.3, 0.4) is 0 Å². The van der Waals surface area contributed by atoms with Crippen LogP contribution in [0.2, 0.25) is 5.02 Å². The number of benzene rings is 1. The van der Waals surface area contributed by atoms with Gasteiger partial charge in [-0.05, 0) is 43.8 Å². The third-order valence-electron chi connectivity index (χ3n) is 3.06. The highest BCUT2D eigenvalue weighted by Crippen LogP contribution is 2.12. The molecule has 0 bridgehead atoms. The summed E-state index contributed by atoms with van der Waals surface area (Å²) in [6, 6.07) is 7.78. The van der Waals surface area contributed by atoms with Crippen LogP contribution in [0.15, 0.2) is 24.3 Å². The smallest absolute Gasteiger partial charge is 0.169 e. The molecule has 0 amide bonds. The zero-order chi connectivity index (χ0) is 13.8. The Morgan fingerprint density at radius 2 is 1.89 bits per heavy atom. The lowest BCUT2D eigenvalue weighted by molar-refractivity contribution is -0.0482. The lowest BCUT2D eigenvalue weighted by atomic mass is 10.2. The molecule has 0 saturated carbocycles. The van der Waals surface area contributed by atoms with Gasteiger partial charge in [-0.3, -0.25) is 0 Å². The molecule has 1 aliphatic heterocycles. The first-order valence-corrected chi connectivity index (χ1v) is 7.26. The van der Waals surface area contributed by atoms with Gasteiger partial charge in [0.05, 0.1) is 12.2 Å². The number of thiocarbonyl (C=S) groups is 1. The van der Waals surface area contributed by atoms with Crippen molar-refractivity contribution in [2.75, 3.05) is 13.1 Å². The minimum atomic E-state index is 0.221. The average Bonchev–Trinajstić information content (AvgIpc) is 2.36. The van der Waals surface area contributed by atoms with Crippen molar-refractivity contribution in [2.24, 2.45) is 0 Å². The Morgan fingerprint density at radius 1 is 1.32 bits per heavy atom. The van der Waals surface area contributed by atoms with Crippen LogP contribution in [0.5, 0.6) is 0 Å². The maximum atomic E-state index is 5.86. The molecule has 5 heteroatoms. The second kappa shape index (κ2) is 6.55. The van der Waals surface area contributed by atoms with Gasteiger partial charge in [-0.15, -0.1) is 0 Å². The summed E-state index contributed by atoms with van der Waals surface area (Å²) < 4.78 is 5.70. The molecule has 2 atom stereocenters. The normalized spacial score (nSPS) is 23.2. The Morgan fingerprint density at radius 3 is 2.47 bits per heavy atom. The van der Waals surface area contributed by atoms with E-state index in [1.807, 2.05) is 24.3 Å². The predicted molar refractivity (Wildman–Crippen MR) is 82.5 cm³/mol. The molecule has 2 unspecified atom stereocenters. The molecule has 1 heterocycles. The van der Waals surface area contributed by atoms with Crippen LogP contribution in [0.25, 0.3) is 0 Å². The van der Waals surface area contributed by atoms with Crippen LogP contribution in [-0.2, 0) is 11.3 Å². The van der Waals surface area contributed by atoms with E-state index in [0.717, 1.165) is 29.8 Å². The van der Waals surface area contributed by atoms with Crippen molar-refractivity contribution >= 4 is 28.9 Å². The number of halogens is 1. The molecular formula is C14H19ClN2OS. The fraction of sp³-hybridized carbons (Fsp3) is 0.500. The second-order valence-corrected chi connectivity index (χ2v) is 5.77. The molecule has 0 spiro atoms. The first kappa shape index (κ1) is 14.6. The van der Waals surface area contributed by atoms with E-state index in [2.05, 4.69) is 24.1 Å². The van der Waals surface area contributed by atoms with E-state index < -0.39 is 0 Å². The Labute approximate surface area is 124 Å². The van der Waals surface area contributed by atoms with E-state index in [9.17, 15) is 0 Å². The van der Waals surface area contributed by atoms with Crippen molar-refractivity contribution in [1.29, 1.82) is 0 Å². The molecule has 0 aliphatic carbocycles. The fourth-order valence-corrected chi connectivity index (χ4v) is 2.58. The van der Waals surface area contributed by atoms with Gasteiger partial charge in [0.25, 0.3) is 0 Å². The predicted octanol–water partition coefficient (Wildman–Crippen LogP) is 2.82. The van der Waals surface area contributed by atoms with Crippen LogP contribution in [0.4, 0.5) is 0 Å². The molecular weight excluding hydrogens is 280 g/mol. The maximum absolute atomic E-state index is 5.86. The van der Waals surface area contributed by atoms with E-state index in [4.69, 9.17) is 28.6 Å². The van der Waals surface area contributed by atoms with Gasteiger partial charge in [-0.1, -0.05) is 23.7 Å². The molecule has 1 aliphatic rings. The summed E-state index contributed by atoms with van der Waals surface area (Å²) in [6.07, 6.45) is 0.443. The summed E-state index contributed by atoms with van der Waals surface area (Å²) in [6.45, 7) is 6.55. The molecule has 3 nitrogen and oxygen atoms in total. The van der Waals surface area contributed by atoms with Gasteiger partial charge >= 0.3 is 0 Å². The molecule has 104 valence electrons. The van der Waals surface area contributed by atoms with Gasteiger partial charge < -0.3 is 15.0 Å². The first-order chi connectivity index (χ1) is 9.04. The van der Waals surface area contributed by atoms with Gasteiger partial charge in [-0.25, -0.2) is 0 Å². The minimum Gasteiger partial charge on any atom is -0.372 e. The van der Waals surface area contributed by atoms with Crippen LogP contribution in [0.1, 0.15) is 19.4 Å². The molecule has 0 radical (unpaired) electrons. The topological polar surface area (TPSA) is 24.5 Å². The van der Waals surface area contributed by atoms with Crippen LogP contribution < -0.4 is 5.32 Å². The molecule has 19 heavy (non-hydrogen) atoms. The van der Waals surface area contributed by atoms with E-state index >= 15 is 0 Å². The third-order valence-corrected chi connectivity index (χ3v) is 3.72. The molecule has 1 aromatic rings. The highest BCUT2D eigenvalue weighted by Gasteiger charge is 2.23. The van der Waals surface area contributed by atoms with Crippen molar-refractivity contribution < 1.29 is 4.74 Å². The second-order valence-electron chi connectivity index (χ2n) is 4.95. The third kappa shape index (κ3) is 4.34. The van der Waals surface area contributed by atoms with E-state index in [-0.39, 0.29) is 12.2 Å². The number of nitrogens with one attached hydrogen (secondary N) is 1. The average molecular weight is 299 g/mol.